The number of methoxy groups -OCH3 is 2. The first-order valence-corrected chi connectivity index (χ1v) is 13.1. The van der Waals surface area contributed by atoms with Crippen LogP contribution in [0.1, 0.15) is 45.2 Å². The molecule has 2 aromatic carbocycles. The summed E-state index contributed by atoms with van der Waals surface area (Å²) < 4.78 is 18.1. The van der Waals surface area contributed by atoms with Gasteiger partial charge in [-0.2, -0.15) is 5.10 Å². The predicted octanol–water partition coefficient (Wildman–Crippen LogP) is 5.52. The van der Waals surface area contributed by atoms with Gasteiger partial charge in [0.1, 0.15) is 17.1 Å². The highest BCUT2D eigenvalue weighted by Gasteiger charge is 2.32. The van der Waals surface area contributed by atoms with Gasteiger partial charge < -0.3 is 19.1 Å². The molecule has 40 heavy (non-hydrogen) atoms. The van der Waals surface area contributed by atoms with Gasteiger partial charge in [0.25, 0.3) is 0 Å². The SMILES string of the molecule is COc1ccc(-c2c(NC(=O)OC(C)(C)C)c(C3CCN(C(=O)N(C)O)CC3)nn2-c2ccc(OC)cc2)cc1. The van der Waals surface area contributed by atoms with Crippen molar-refractivity contribution in [2.45, 2.75) is 45.1 Å². The highest BCUT2D eigenvalue weighted by molar-refractivity contribution is 5.92. The third-order valence-corrected chi connectivity index (χ3v) is 6.65. The second kappa shape index (κ2) is 11.9. The van der Waals surface area contributed by atoms with E-state index in [1.165, 1.54) is 7.05 Å². The number of aromatic nitrogens is 2. The molecule has 3 amide bonds. The summed E-state index contributed by atoms with van der Waals surface area (Å²) in [5.41, 5.74) is 2.81. The van der Waals surface area contributed by atoms with E-state index in [-0.39, 0.29) is 5.92 Å². The lowest BCUT2D eigenvalue weighted by molar-refractivity contribution is -0.0356. The van der Waals surface area contributed by atoms with Crippen LogP contribution in [-0.4, -0.2) is 77.0 Å². The Labute approximate surface area is 234 Å². The Bertz CT molecular complexity index is 1320. The minimum Gasteiger partial charge on any atom is -0.497 e. The Kier molecular flexibility index (Phi) is 8.53. The number of hydroxylamine groups is 2. The number of rotatable bonds is 6. The number of urea groups is 1. The molecule has 0 spiro atoms. The molecule has 0 atom stereocenters. The number of hydrogen-bond donors (Lipinski definition) is 2. The van der Waals surface area contributed by atoms with Crippen LogP contribution in [0.15, 0.2) is 48.5 Å². The summed E-state index contributed by atoms with van der Waals surface area (Å²) in [5, 5.41) is 18.2. The predicted molar refractivity (Wildman–Crippen MR) is 150 cm³/mol. The fourth-order valence-electron chi connectivity index (χ4n) is 4.72. The number of carbonyl (C=O) groups is 2. The van der Waals surface area contributed by atoms with Gasteiger partial charge in [0, 0.05) is 31.6 Å². The molecule has 0 aliphatic carbocycles. The summed E-state index contributed by atoms with van der Waals surface area (Å²) in [4.78, 5) is 27.0. The van der Waals surface area contributed by atoms with Gasteiger partial charge >= 0.3 is 12.1 Å². The van der Waals surface area contributed by atoms with E-state index in [0.717, 1.165) is 11.3 Å². The molecule has 2 heterocycles. The first-order valence-electron chi connectivity index (χ1n) is 13.1. The summed E-state index contributed by atoms with van der Waals surface area (Å²) in [6, 6.07) is 14.6. The van der Waals surface area contributed by atoms with Crippen LogP contribution < -0.4 is 14.8 Å². The number of piperidine rings is 1. The number of hydrogen-bond acceptors (Lipinski definition) is 7. The standard InChI is InChI=1S/C29H37N5O6/c1-29(2,3)40-27(35)30-25-24(19-15-17-33(18-16-19)28(36)32(4)37)31-34(21-9-13-23(39-6)14-10-21)26(25)20-7-11-22(38-5)12-8-20/h7-14,19,37H,15-18H2,1-6H3,(H,30,35). The molecule has 1 aliphatic rings. The van der Waals surface area contributed by atoms with Crippen LogP contribution in [0.3, 0.4) is 0 Å². The molecule has 11 nitrogen and oxygen atoms in total. The Morgan fingerprint density at radius 1 is 0.975 bits per heavy atom. The van der Waals surface area contributed by atoms with Gasteiger partial charge in [-0.05, 0) is 82.1 Å². The fourth-order valence-corrected chi connectivity index (χ4v) is 4.72. The lowest BCUT2D eigenvalue weighted by Crippen LogP contribution is -2.43. The number of ether oxygens (including phenoxy) is 3. The zero-order valence-corrected chi connectivity index (χ0v) is 23.8. The second-order valence-electron chi connectivity index (χ2n) is 10.6. The normalized spacial score (nSPS) is 14.0. The van der Waals surface area contributed by atoms with Crippen molar-refractivity contribution in [2.24, 2.45) is 0 Å². The average molecular weight is 552 g/mol. The average Bonchev–Trinajstić information content (AvgIpc) is 3.30. The van der Waals surface area contributed by atoms with Gasteiger partial charge in [0.15, 0.2) is 0 Å². The van der Waals surface area contributed by atoms with Crippen molar-refractivity contribution in [2.75, 3.05) is 39.7 Å². The van der Waals surface area contributed by atoms with Crippen molar-refractivity contribution in [3.8, 4) is 28.4 Å². The molecule has 2 N–H and O–H groups in total. The van der Waals surface area contributed by atoms with Crippen molar-refractivity contribution in [1.82, 2.24) is 19.7 Å². The molecular formula is C29H37N5O6. The van der Waals surface area contributed by atoms with E-state index >= 15 is 0 Å². The van der Waals surface area contributed by atoms with Gasteiger partial charge in [-0.3, -0.25) is 10.5 Å². The van der Waals surface area contributed by atoms with E-state index in [9.17, 15) is 14.8 Å². The van der Waals surface area contributed by atoms with Crippen LogP contribution in [0.5, 0.6) is 11.5 Å². The quantitative estimate of drug-likeness (QED) is 0.306. The van der Waals surface area contributed by atoms with E-state index < -0.39 is 17.7 Å². The molecule has 0 unspecified atom stereocenters. The van der Waals surface area contributed by atoms with E-state index in [1.54, 1.807) is 19.1 Å². The number of benzene rings is 2. The first kappa shape index (κ1) is 28.8. The topological polar surface area (TPSA) is 118 Å². The zero-order chi connectivity index (χ0) is 29.0. The van der Waals surface area contributed by atoms with Crippen LogP contribution in [0, 0.1) is 0 Å². The highest BCUT2D eigenvalue weighted by atomic mass is 16.6. The number of amides is 3. The van der Waals surface area contributed by atoms with E-state index in [2.05, 4.69) is 5.32 Å². The van der Waals surface area contributed by atoms with Crippen molar-refractivity contribution in [1.29, 1.82) is 0 Å². The number of nitrogens with one attached hydrogen (secondary N) is 1. The Morgan fingerprint density at radius 3 is 2.02 bits per heavy atom. The number of carbonyl (C=O) groups excluding carboxylic acids is 2. The lowest BCUT2D eigenvalue weighted by Gasteiger charge is -2.32. The molecule has 1 aromatic heterocycles. The summed E-state index contributed by atoms with van der Waals surface area (Å²) in [6.07, 6.45) is 0.612. The Morgan fingerprint density at radius 2 is 1.52 bits per heavy atom. The van der Waals surface area contributed by atoms with Crippen LogP contribution in [-0.2, 0) is 4.74 Å². The van der Waals surface area contributed by atoms with Crippen molar-refractivity contribution < 1.29 is 29.0 Å². The van der Waals surface area contributed by atoms with Crippen LogP contribution in [0.2, 0.25) is 0 Å². The molecule has 0 bridgehead atoms. The Hall–Kier alpha value is -4.25. The van der Waals surface area contributed by atoms with E-state index in [0.29, 0.717) is 59.6 Å². The minimum absolute atomic E-state index is 0.0607. The third-order valence-electron chi connectivity index (χ3n) is 6.65. The zero-order valence-electron chi connectivity index (χ0n) is 23.8. The minimum atomic E-state index is -0.696. The van der Waals surface area contributed by atoms with Gasteiger partial charge in [0.2, 0.25) is 0 Å². The first-order chi connectivity index (χ1) is 19.0. The van der Waals surface area contributed by atoms with Gasteiger partial charge in [-0.15, -0.1) is 0 Å². The molecule has 214 valence electrons. The van der Waals surface area contributed by atoms with Crippen molar-refractivity contribution in [3.63, 3.8) is 0 Å². The maximum absolute atomic E-state index is 13.1. The summed E-state index contributed by atoms with van der Waals surface area (Å²) >= 11 is 0. The highest BCUT2D eigenvalue weighted by Crippen LogP contribution is 2.41. The molecule has 1 fully saturated rings. The van der Waals surface area contributed by atoms with Crippen molar-refractivity contribution in [3.05, 3.63) is 54.2 Å². The maximum atomic E-state index is 13.1. The molecule has 0 radical (unpaired) electrons. The molecule has 1 saturated heterocycles. The molecule has 0 saturated carbocycles. The number of nitrogens with zero attached hydrogens (tertiary/aromatic N) is 4. The van der Waals surface area contributed by atoms with Gasteiger partial charge in [0.05, 0.1) is 37.0 Å². The maximum Gasteiger partial charge on any atom is 0.412 e. The molecule has 4 rings (SSSR count). The smallest absolute Gasteiger partial charge is 0.412 e. The lowest BCUT2D eigenvalue weighted by atomic mass is 9.92. The number of anilines is 1. The monoisotopic (exact) mass is 551 g/mol. The molecular weight excluding hydrogens is 514 g/mol. The van der Waals surface area contributed by atoms with Crippen molar-refractivity contribution >= 4 is 17.8 Å². The second-order valence-corrected chi connectivity index (χ2v) is 10.6. The van der Waals surface area contributed by atoms with E-state index in [1.807, 2.05) is 74.0 Å². The molecule has 3 aromatic rings. The summed E-state index contributed by atoms with van der Waals surface area (Å²) in [7, 11) is 4.53. The Balaban J connectivity index is 1.83. The van der Waals surface area contributed by atoms with Crippen LogP contribution in [0.4, 0.5) is 15.3 Å². The fraction of sp³-hybridized carbons (Fsp3) is 0.414. The van der Waals surface area contributed by atoms with Gasteiger partial charge in [-0.1, -0.05) is 0 Å². The summed E-state index contributed by atoms with van der Waals surface area (Å²) in [5.74, 6) is 1.35. The molecule has 11 heteroatoms. The number of likely N-dealkylation sites (tertiary alicyclic amines) is 1. The largest absolute Gasteiger partial charge is 0.497 e. The van der Waals surface area contributed by atoms with E-state index in [4.69, 9.17) is 19.3 Å². The third kappa shape index (κ3) is 6.48. The van der Waals surface area contributed by atoms with Gasteiger partial charge in [-0.25, -0.2) is 19.3 Å². The van der Waals surface area contributed by atoms with Crippen LogP contribution in [0.25, 0.3) is 16.9 Å². The summed E-state index contributed by atoms with van der Waals surface area (Å²) in [6.45, 7) is 6.30. The van der Waals surface area contributed by atoms with Crippen LogP contribution >= 0.6 is 0 Å². The molecule has 1 aliphatic heterocycles.